The van der Waals surface area contributed by atoms with Gasteiger partial charge in [-0.05, 0) is 6.42 Å². The minimum absolute atomic E-state index is 0.584. The first-order chi connectivity index (χ1) is 7.27. The Kier molecular flexibility index (Phi) is 3.38. The number of rotatable bonds is 3. The summed E-state index contributed by atoms with van der Waals surface area (Å²) in [5.41, 5.74) is 0. The van der Waals surface area contributed by atoms with E-state index in [0.29, 0.717) is 10.9 Å². The maximum atomic E-state index is 6.01. The van der Waals surface area contributed by atoms with Gasteiger partial charge in [-0.3, -0.25) is 0 Å². The third-order valence-corrected chi connectivity index (χ3v) is 2.83. The average Bonchev–Trinajstić information content (AvgIpc) is 2.71. The standard InChI is InChI=1S/C10H14ClN3O/c1-14(5-8-2-3-15-6-8)10-9(11)4-12-7-13-10/h4,7-8H,2-3,5-6H2,1H3/t8-/m0/s1. The molecule has 1 atom stereocenters. The van der Waals surface area contributed by atoms with Gasteiger partial charge in [0, 0.05) is 26.1 Å². The largest absolute Gasteiger partial charge is 0.381 e. The lowest BCUT2D eigenvalue weighted by Gasteiger charge is -2.21. The van der Waals surface area contributed by atoms with Crippen LogP contribution in [0.1, 0.15) is 6.42 Å². The first-order valence-electron chi connectivity index (χ1n) is 5.02. The van der Waals surface area contributed by atoms with E-state index in [9.17, 15) is 0 Å². The van der Waals surface area contributed by atoms with E-state index in [1.54, 1.807) is 6.20 Å². The van der Waals surface area contributed by atoms with Crippen LogP contribution in [0.5, 0.6) is 0 Å². The van der Waals surface area contributed by atoms with Crippen LogP contribution in [-0.4, -0.2) is 36.8 Å². The van der Waals surface area contributed by atoms with E-state index in [0.717, 1.165) is 32.0 Å². The highest BCUT2D eigenvalue weighted by molar-refractivity contribution is 6.32. The molecule has 0 aliphatic carbocycles. The second-order valence-electron chi connectivity index (χ2n) is 3.80. The second-order valence-corrected chi connectivity index (χ2v) is 4.21. The number of ether oxygens (including phenoxy) is 1. The lowest BCUT2D eigenvalue weighted by atomic mass is 10.1. The molecule has 1 aromatic heterocycles. The van der Waals surface area contributed by atoms with Gasteiger partial charge < -0.3 is 9.64 Å². The Balaban J connectivity index is 2.00. The van der Waals surface area contributed by atoms with Crippen LogP contribution in [0.15, 0.2) is 12.5 Å². The average molecular weight is 228 g/mol. The SMILES string of the molecule is CN(C[C@@H]1CCOC1)c1ncncc1Cl. The Morgan fingerprint density at radius 1 is 1.67 bits per heavy atom. The van der Waals surface area contributed by atoms with Gasteiger partial charge in [0.15, 0.2) is 5.82 Å². The minimum Gasteiger partial charge on any atom is -0.381 e. The quantitative estimate of drug-likeness (QED) is 0.786. The molecule has 0 spiro atoms. The zero-order valence-electron chi connectivity index (χ0n) is 8.69. The number of nitrogens with zero attached hydrogens (tertiary/aromatic N) is 3. The van der Waals surface area contributed by atoms with Crippen molar-refractivity contribution < 1.29 is 4.74 Å². The van der Waals surface area contributed by atoms with Crippen LogP contribution < -0.4 is 4.90 Å². The summed E-state index contributed by atoms with van der Waals surface area (Å²) < 4.78 is 5.33. The fourth-order valence-corrected chi connectivity index (χ4v) is 2.04. The predicted octanol–water partition coefficient (Wildman–Crippen LogP) is 1.60. The summed E-state index contributed by atoms with van der Waals surface area (Å²) in [6.07, 6.45) is 4.25. The molecular formula is C10H14ClN3O. The number of aromatic nitrogens is 2. The lowest BCUT2D eigenvalue weighted by Crippen LogP contribution is -2.26. The molecule has 1 fully saturated rings. The van der Waals surface area contributed by atoms with Crippen molar-refractivity contribution in [2.24, 2.45) is 5.92 Å². The van der Waals surface area contributed by atoms with Crippen LogP contribution in [0, 0.1) is 5.92 Å². The summed E-state index contributed by atoms with van der Waals surface area (Å²) in [6.45, 7) is 2.64. The summed E-state index contributed by atoms with van der Waals surface area (Å²) >= 11 is 6.01. The molecule has 82 valence electrons. The number of hydrogen-bond donors (Lipinski definition) is 0. The van der Waals surface area contributed by atoms with Gasteiger partial charge >= 0.3 is 0 Å². The van der Waals surface area contributed by atoms with E-state index in [1.165, 1.54) is 6.33 Å². The van der Waals surface area contributed by atoms with Crippen molar-refractivity contribution in [3.63, 3.8) is 0 Å². The molecule has 4 nitrogen and oxygen atoms in total. The number of anilines is 1. The Morgan fingerprint density at radius 2 is 2.53 bits per heavy atom. The molecule has 5 heteroatoms. The molecule has 1 aliphatic heterocycles. The van der Waals surface area contributed by atoms with Crippen molar-refractivity contribution in [2.75, 3.05) is 31.7 Å². The van der Waals surface area contributed by atoms with Crippen molar-refractivity contribution in [1.29, 1.82) is 0 Å². The number of halogens is 1. The lowest BCUT2D eigenvalue weighted by molar-refractivity contribution is 0.186. The molecule has 2 heterocycles. The highest BCUT2D eigenvalue weighted by Crippen LogP contribution is 2.22. The molecule has 0 N–H and O–H groups in total. The molecule has 2 rings (SSSR count). The van der Waals surface area contributed by atoms with E-state index >= 15 is 0 Å². The summed E-state index contributed by atoms with van der Waals surface area (Å²) in [6, 6.07) is 0. The van der Waals surface area contributed by atoms with Gasteiger partial charge in [-0.15, -0.1) is 0 Å². The van der Waals surface area contributed by atoms with Gasteiger partial charge in [0.25, 0.3) is 0 Å². The van der Waals surface area contributed by atoms with Crippen LogP contribution in [-0.2, 0) is 4.74 Å². The smallest absolute Gasteiger partial charge is 0.150 e. The topological polar surface area (TPSA) is 38.2 Å². The predicted molar refractivity (Wildman–Crippen MR) is 59.2 cm³/mol. The first kappa shape index (κ1) is 10.6. The third-order valence-electron chi connectivity index (χ3n) is 2.57. The maximum absolute atomic E-state index is 6.01. The van der Waals surface area contributed by atoms with Gasteiger partial charge in [0.1, 0.15) is 11.3 Å². The molecule has 0 radical (unpaired) electrons. The molecule has 0 saturated carbocycles. The normalized spacial score (nSPS) is 20.5. The van der Waals surface area contributed by atoms with Crippen molar-refractivity contribution in [1.82, 2.24) is 9.97 Å². The molecule has 0 aromatic carbocycles. The second kappa shape index (κ2) is 4.77. The van der Waals surface area contributed by atoms with E-state index in [2.05, 4.69) is 14.9 Å². The monoisotopic (exact) mass is 227 g/mol. The van der Waals surface area contributed by atoms with Crippen molar-refractivity contribution in [3.8, 4) is 0 Å². The van der Waals surface area contributed by atoms with Crippen LogP contribution >= 0.6 is 11.6 Å². The third kappa shape index (κ3) is 2.58. The summed E-state index contributed by atoms with van der Waals surface area (Å²) in [5, 5.41) is 0.596. The van der Waals surface area contributed by atoms with Crippen LogP contribution in [0.25, 0.3) is 0 Å². The van der Waals surface area contributed by atoms with E-state index < -0.39 is 0 Å². The Morgan fingerprint density at radius 3 is 3.20 bits per heavy atom. The number of hydrogen-bond acceptors (Lipinski definition) is 4. The first-order valence-corrected chi connectivity index (χ1v) is 5.39. The van der Waals surface area contributed by atoms with E-state index in [-0.39, 0.29) is 0 Å². The van der Waals surface area contributed by atoms with Gasteiger partial charge in [0.05, 0.1) is 12.8 Å². The summed E-state index contributed by atoms with van der Waals surface area (Å²) in [5.74, 6) is 1.37. The van der Waals surface area contributed by atoms with Gasteiger partial charge in [-0.1, -0.05) is 11.6 Å². The Labute approximate surface area is 94.2 Å². The molecule has 0 unspecified atom stereocenters. The molecule has 1 aromatic rings. The molecule has 0 amide bonds. The van der Waals surface area contributed by atoms with Crippen molar-refractivity contribution in [3.05, 3.63) is 17.5 Å². The molecule has 15 heavy (non-hydrogen) atoms. The highest BCUT2D eigenvalue weighted by Gasteiger charge is 2.19. The Bertz CT molecular complexity index is 328. The zero-order chi connectivity index (χ0) is 10.7. The van der Waals surface area contributed by atoms with Crippen LogP contribution in [0.2, 0.25) is 5.02 Å². The van der Waals surface area contributed by atoms with Crippen molar-refractivity contribution in [2.45, 2.75) is 6.42 Å². The minimum atomic E-state index is 0.584. The highest BCUT2D eigenvalue weighted by atomic mass is 35.5. The molecular weight excluding hydrogens is 214 g/mol. The van der Waals surface area contributed by atoms with Gasteiger partial charge in [-0.25, -0.2) is 9.97 Å². The van der Waals surface area contributed by atoms with Crippen LogP contribution in [0.4, 0.5) is 5.82 Å². The Hall–Kier alpha value is -0.870. The summed E-state index contributed by atoms with van der Waals surface area (Å²) in [7, 11) is 1.99. The van der Waals surface area contributed by atoms with Crippen LogP contribution in [0.3, 0.4) is 0 Å². The maximum Gasteiger partial charge on any atom is 0.150 e. The van der Waals surface area contributed by atoms with Crippen molar-refractivity contribution >= 4 is 17.4 Å². The van der Waals surface area contributed by atoms with E-state index in [1.807, 2.05) is 7.05 Å². The fraction of sp³-hybridized carbons (Fsp3) is 0.600. The fourth-order valence-electron chi connectivity index (χ4n) is 1.79. The zero-order valence-corrected chi connectivity index (χ0v) is 9.44. The van der Waals surface area contributed by atoms with E-state index in [4.69, 9.17) is 16.3 Å². The van der Waals surface area contributed by atoms with Gasteiger partial charge in [0.2, 0.25) is 0 Å². The van der Waals surface area contributed by atoms with Gasteiger partial charge in [-0.2, -0.15) is 0 Å². The molecule has 1 saturated heterocycles. The summed E-state index contributed by atoms with van der Waals surface area (Å²) in [4.78, 5) is 10.1. The molecule has 0 bridgehead atoms. The molecule has 1 aliphatic rings.